The van der Waals surface area contributed by atoms with Crippen molar-refractivity contribution < 1.29 is 14.5 Å². The molecule has 0 radical (unpaired) electrons. The van der Waals surface area contributed by atoms with E-state index < -0.39 is 0 Å². The Morgan fingerprint density at radius 2 is 1.85 bits per heavy atom. The molecular formula is C20H26N3O2S+. The van der Waals surface area contributed by atoms with Crippen LogP contribution in [0.4, 0.5) is 5.69 Å². The highest BCUT2D eigenvalue weighted by Crippen LogP contribution is 2.12. The lowest BCUT2D eigenvalue weighted by Gasteiger charge is -2.15. The van der Waals surface area contributed by atoms with Gasteiger partial charge in [0.15, 0.2) is 0 Å². The van der Waals surface area contributed by atoms with Crippen molar-refractivity contribution in [3.63, 3.8) is 0 Å². The topological polar surface area (TPSA) is 62.6 Å². The standard InChI is InChI=1S/C20H25N3O2S/c1-3-23(4-2)14-13-21-20(25)16-7-9-17(10-8-16)22-19(24)12-11-18-6-5-15-26-18/h5-12,15H,3-4,13-14H2,1-2H3,(H,21,25)(H,22,24)/p+1/b12-11+. The highest BCUT2D eigenvalue weighted by molar-refractivity contribution is 7.10. The molecule has 1 aromatic carbocycles. The van der Waals surface area contributed by atoms with E-state index in [0.29, 0.717) is 17.8 Å². The van der Waals surface area contributed by atoms with E-state index in [-0.39, 0.29) is 11.8 Å². The fourth-order valence-corrected chi connectivity index (χ4v) is 3.11. The maximum absolute atomic E-state index is 12.2. The van der Waals surface area contributed by atoms with Crippen LogP contribution in [0.3, 0.4) is 0 Å². The number of nitrogens with one attached hydrogen (secondary N) is 3. The Morgan fingerprint density at radius 1 is 1.12 bits per heavy atom. The zero-order valence-electron chi connectivity index (χ0n) is 15.2. The van der Waals surface area contributed by atoms with Crippen LogP contribution >= 0.6 is 11.3 Å². The molecule has 2 rings (SSSR count). The van der Waals surface area contributed by atoms with Crippen molar-refractivity contribution in [1.29, 1.82) is 0 Å². The van der Waals surface area contributed by atoms with Crippen LogP contribution in [0.5, 0.6) is 0 Å². The number of hydrogen-bond donors (Lipinski definition) is 3. The molecule has 26 heavy (non-hydrogen) atoms. The van der Waals surface area contributed by atoms with Crippen molar-refractivity contribution in [3.05, 3.63) is 58.3 Å². The minimum Gasteiger partial charge on any atom is -0.346 e. The third-order valence-electron chi connectivity index (χ3n) is 4.12. The molecule has 0 aliphatic heterocycles. The molecule has 0 saturated heterocycles. The van der Waals surface area contributed by atoms with Crippen LogP contribution < -0.4 is 15.5 Å². The summed E-state index contributed by atoms with van der Waals surface area (Å²) in [6.45, 7) is 7.97. The maximum atomic E-state index is 12.2. The molecule has 6 heteroatoms. The summed E-state index contributed by atoms with van der Waals surface area (Å²) < 4.78 is 0. The second-order valence-electron chi connectivity index (χ2n) is 5.88. The predicted molar refractivity (Wildman–Crippen MR) is 108 cm³/mol. The molecule has 1 aromatic heterocycles. The molecule has 138 valence electrons. The van der Waals surface area contributed by atoms with Gasteiger partial charge in [0.2, 0.25) is 5.91 Å². The van der Waals surface area contributed by atoms with Gasteiger partial charge in [-0.05, 0) is 55.6 Å². The number of likely N-dealkylation sites (N-methyl/N-ethyl adjacent to an activating group) is 1. The van der Waals surface area contributed by atoms with E-state index in [1.807, 2.05) is 17.5 Å². The van der Waals surface area contributed by atoms with Gasteiger partial charge in [-0.2, -0.15) is 0 Å². The Labute approximate surface area is 158 Å². The summed E-state index contributed by atoms with van der Waals surface area (Å²) in [6, 6.07) is 10.8. The van der Waals surface area contributed by atoms with E-state index in [0.717, 1.165) is 24.5 Å². The highest BCUT2D eigenvalue weighted by Gasteiger charge is 2.07. The Bertz CT molecular complexity index is 720. The van der Waals surface area contributed by atoms with Gasteiger partial charge >= 0.3 is 0 Å². The second kappa shape index (κ2) is 10.5. The van der Waals surface area contributed by atoms with Crippen LogP contribution in [-0.4, -0.2) is 38.0 Å². The van der Waals surface area contributed by atoms with Crippen LogP contribution in [-0.2, 0) is 4.79 Å². The highest BCUT2D eigenvalue weighted by atomic mass is 32.1. The van der Waals surface area contributed by atoms with Gasteiger partial charge in [-0.3, -0.25) is 9.59 Å². The number of carbonyl (C=O) groups excluding carboxylic acids is 2. The van der Waals surface area contributed by atoms with Gasteiger partial charge < -0.3 is 15.5 Å². The molecular weight excluding hydrogens is 346 g/mol. The molecule has 5 nitrogen and oxygen atoms in total. The third kappa shape index (κ3) is 6.46. The molecule has 0 unspecified atom stereocenters. The van der Waals surface area contributed by atoms with Crippen molar-refractivity contribution in [2.24, 2.45) is 0 Å². The summed E-state index contributed by atoms with van der Waals surface area (Å²) in [5.74, 6) is -0.287. The molecule has 0 aliphatic rings. The van der Waals surface area contributed by atoms with Gasteiger partial charge in [-0.25, -0.2) is 0 Å². The molecule has 0 bridgehead atoms. The summed E-state index contributed by atoms with van der Waals surface area (Å²) in [4.78, 5) is 26.6. The van der Waals surface area contributed by atoms with Gasteiger partial charge in [0.05, 0.1) is 26.2 Å². The number of quaternary nitrogens is 1. The van der Waals surface area contributed by atoms with E-state index >= 15 is 0 Å². The third-order valence-corrected chi connectivity index (χ3v) is 4.96. The summed E-state index contributed by atoms with van der Waals surface area (Å²) in [5, 5.41) is 7.69. The Morgan fingerprint density at radius 3 is 2.46 bits per heavy atom. The molecule has 3 N–H and O–H groups in total. The first-order valence-corrected chi connectivity index (χ1v) is 9.74. The minimum absolute atomic E-state index is 0.0907. The van der Waals surface area contributed by atoms with Crippen molar-refractivity contribution in [3.8, 4) is 0 Å². The van der Waals surface area contributed by atoms with Crippen molar-refractivity contribution >= 4 is 34.9 Å². The molecule has 0 fully saturated rings. The average molecular weight is 373 g/mol. The lowest BCUT2D eigenvalue weighted by molar-refractivity contribution is -0.895. The van der Waals surface area contributed by atoms with Crippen molar-refractivity contribution in [2.45, 2.75) is 13.8 Å². The first-order valence-electron chi connectivity index (χ1n) is 8.86. The zero-order chi connectivity index (χ0) is 18.8. The van der Waals surface area contributed by atoms with Crippen molar-refractivity contribution in [1.82, 2.24) is 5.32 Å². The zero-order valence-corrected chi connectivity index (χ0v) is 16.1. The van der Waals surface area contributed by atoms with Crippen LogP contribution in [0, 0.1) is 0 Å². The number of anilines is 1. The van der Waals surface area contributed by atoms with E-state index in [4.69, 9.17) is 0 Å². The molecule has 2 aromatic rings. The minimum atomic E-state index is -0.196. The second-order valence-corrected chi connectivity index (χ2v) is 6.86. The first kappa shape index (κ1) is 19.9. The van der Waals surface area contributed by atoms with Gasteiger partial charge in [-0.1, -0.05) is 6.07 Å². The fourth-order valence-electron chi connectivity index (χ4n) is 2.49. The number of carbonyl (C=O) groups is 2. The molecule has 0 atom stereocenters. The lowest BCUT2D eigenvalue weighted by Crippen LogP contribution is -3.12. The van der Waals surface area contributed by atoms with E-state index in [1.165, 1.54) is 11.0 Å². The van der Waals surface area contributed by atoms with Gasteiger partial charge in [0.25, 0.3) is 5.91 Å². The summed E-state index contributed by atoms with van der Waals surface area (Å²) in [6.07, 6.45) is 3.28. The van der Waals surface area contributed by atoms with Crippen LogP contribution in [0.1, 0.15) is 29.1 Å². The molecule has 0 saturated carbocycles. The normalized spacial score (nSPS) is 11.0. The smallest absolute Gasteiger partial charge is 0.251 e. The molecule has 0 aliphatic carbocycles. The quantitative estimate of drug-likeness (QED) is 0.590. The number of thiophene rings is 1. The SMILES string of the molecule is CC[NH+](CC)CCNC(=O)c1ccc(NC(=O)/C=C/c2cccs2)cc1. The Kier molecular flexibility index (Phi) is 8.05. The van der Waals surface area contributed by atoms with Gasteiger partial charge in [0, 0.05) is 22.2 Å². The number of benzene rings is 1. The van der Waals surface area contributed by atoms with E-state index in [1.54, 1.807) is 41.7 Å². The molecule has 1 heterocycles. The molecule has 2 amide bonds. The first-order chi connectivity index (χ1) is 12.6. The van der Waals surface area contributed by atoms with E-state index in [9.17, 15) is 9.59 Å². The number of hydrogen-bond acceptors (Lipinski definition) is 3. The summed E-state index contributed by atoms with van der Waals surface area (Å²) in [7, 11) is 0. The maximum Gasteiger partial charge on any atom is 0.251 e. The van der Waals surface area contributed by atoms with Crippen LogP contribution in [0.15, 0.2) is 47.9 Å². The molecule has 0 spiro atoms. The fraction of sp³-hybridized carbons (Fsp3) is 0.300. The summed E-state index contributed by atoms with van der Waals surface area (Å²) in [5.41, 5.74) is 1.25. The Hall–Kier alpha value is -2.44. The van der Waals surface area contributed by atoms with Crippen LogP contribution in [0.2, 0.25) is 0 Å². The number of amides is 2. The lowest BCUT2D eigenvalue weighted by atomic mass is 10.2. The average Bonchev–Trinajstić information content (AvgIpc) is 3.18. The van der Waals surface area contributed by atoms with Crippen molar-refractivity contribution in [2.75, 3.05) is 31.5 Å². The largest absolute Gasteiger partial charge is 0.346 e. The van der Waals surface area contributed by atoms with Gasteiger partial charge in [-0.15, -0.1) is 11.3 Å². The number of rotatable bonds is 9. The Balaban J connectivity index is 1.81. The van der Waals surface area contributed by atoms with Gasteiger partial charge in [0.1, 0.15) is 0 Å². The van der Waals surface area contributed by atoms with Crippen LogP contribution in [0.25, 0.3) is 6.08 Å². The van der Waals surface area contributed by atoms with E-state index in [2.05, 4.69) is 24.5 Å². The monoisotopic (exact) mass is 372 g/mol. The predicted octanol–water partition coefficient (Wildman–Crippen LogP) is 2.05. The summed E-state index contributed by atoms with van der Waals surface area (Å²) >= 11 is 1.57.